The van der Waals surface area contributed by atoms with E-state index in [4.69, 9.17) is 14.2 Å². The smallest absolute Gasteiger partial charge is 0.310 e. The summed E-state index contributed by atoms with van der Waals surface area (Å²) in [5.41, 5.74) is 0. The average molecular weight is 968 g/mol. The zero-order valence-corrected chi connectivity index (χ0v) is 45.0. The lowest BCUT2D eigenvalue weighted by Crippen LogP contribution is -2.30. The van der Waals surface area contributed by atoms with Crippen molar-refractivity contribution in [1.82, 2.24) is 0 Å². The molecule has 0 amide bonds. The first kappa shape index (κ1) is 65.5. The minimum atomic E-state index is -0.846. The summed E-state index contributed by atoms with van der Waals surface area (Å²) in [6.45, 7) is 6.30. The standard InChI is InChI=1S/C64H102O6/c1-4-7-10-13-16-19-22-25-28-29-30-31-32-33-34-35-37-39-42-45-48-51-54-57-63(66)69-60-61(59-68-62(65)56-53-50-47-44-41-38-27-24-21-18-15-12-9-6-3)70-64(67)58-55-52-49-46-43-40-36-26-23-20-17-14-11-8-5-2/h7-8,10-11,16-17,19-20,25-26,28,30-31,33-34,36-37,39,43,46,52,55,61H,4-6,9,12-15,18,21-24,27,29,32,35,38,40-42,44-45,47-51,53-54,56-60H2,1-3H3/b10-7-,11-8-,19-16-,20-17-,28-25-,31-30-,34-33-,36-26-,39-37-,46-43-,55-52-. The van der Waals surface area contributed by atoms with Gasteiger partial charge in [-0.05, 0) is 96.3 Å². The van der Waals surface area contributed by atoms with Crippen LogP contribution in [-0.2, 0) is 28.6 Å². The number of esters is 3. The highest BCUT2D eigenvalue weighted by Crippen LogP contribution is 2.14. The molecule has 0 aromatic rings. The summed E-state index contributed by atoms with van der Waals surface area (Å²) < 4.78 is 16.7. The van der Waals surface area contributed by atoms with Gasteiger partial charge in [0.2, 0.25) is 0 Å². The third-order valence-corrected chi connectivity index (χ3v) is 11.4. The van der Waals surface area contributed by atoms with Gasteiger partial charge in [0.05, 0.1) is 6.42 Å². The Balaban J connectivity index is 4.52. The van der Waals surface area contributed by atoms with Crippen LogP contribution >= 0.6 is 0 Å². The first-order valence-corrected chi connectivity index (χ1v) is 28.2. The van der Waals surface area contributed by atoms with Gasteiger partial charge < -0.3 is 14.2 Å². The predicted molar refractivity (Wildman–Crippen MR) is 302 cm³/mol. The van der Waals surface area contributed by atoms with E-state index in [0.29, 0.717) is 19.3 Å². The zero-order valence-electron chi connectivity index (χ0n) is 45.0. The summed E-state index contributed by atoms with van der Waals surface area (Å²) >= 11 is 0. The van der Waals surface area contributed by atoms with Crippen molar-refractivity contribution in [3.63, 3.8) is 0 Å². The molecule has 0 aromatic heterocycles. The molecule has 0 aromatic carbocycles. The Bertz CT molecular complexity index is 1530. The number of allylic oxidation sites excluding steroid dienone is 21. The Hall–Kier alpha value is -4.45. The highest BCUT2D eigenvalue weighted by Gasteiger charge is 2.19. The normalized spacial score (nSPS) is 13.1. The lowest BCUT2D eigenvalue weighted by Gasteiger charge is -2.18. The molecule has 0 spiro atoms. The van der Waals surface area contributed by atoms with E-state index in [-0.39, 0.29) is 31.6 Å². The van der Waals surface area contributed by atoms with E-state index in [1.54, 1.807) is 6.08 Å². The Morgan fingerprint density at radius 2 is 0.600 bits per heavy atom. The maximum absolute atomic E-state index is 12.8. The zero-order chi connectivity index (χ0) is 50.7. The van der Waals surface area contributed by atoms with E-state index in [2.05, 4.69) is 142 Å². The van der Waals surface area contributed by atoms with Crippen molar-refractivity contribution < 1.29 is 28.6 Å². The fraction of sp³-hybridized carbons (Fsp3) is 0.609. The molecule has 0 radical (unpaired) electrons. The molecular formula is C64H102O6. The summed E-state index contributed by atoms with van der Waals surface area (Å²) in [5.74, 6) is -1.09. The molecule has 0 aliphatic rings. The van der Waals surface area contributed by atoms with Crippen LogP contribution in [0.3, 0.4) is 0 Å². The number of hydrogen-bond acceptors (Lipinski definition) is 6. The number of hydrogen-bond donors (Lipinski definition) is 0. The number of ether oxygens (including phenoxy) is 3. The summed E-state index contributed by atoms with van der Waals surface area (Å²) in [6, 6.07) is 0. The van der Waals surface area contributed by atoms with Gasteiger partial charge in [0.25, 0.3) is 0 Å². The highest BCUT2D eigenvalue weighted by atomic mass is 16.6. The highest BCUT2D eigenvalue weighted by molar-refractivity contribution is 5.72. The van der Waals surface area contributed by atoms with Crippen LogP contribution in [0.15, 0.2) is 134 Å². The van der Waals surface area contributed by atoms with Gasteiger partial charge in [-0.25, -0.2) is 0 Å². The lowest BCUT2D eigenvalue weighted by atomic mass is 10.0. The van der Waals surface area contributed by atoms with Crippen LogP contribution in [0.5, 0.6) is 0 Å². The van der Waals surface area contributed by atoms with E-state index in [9.17, 15) is 14.4 Å². The largest absolute Gasteiger partial charge is 0.462 e. The molecule has 1 unspecified atom stereocenters. The summed E-state index contributed by atoms with van der Waals surface area (Å²) in [6.07, 6.45) is 80.4. The molecule has 6 nitrogen and oxygen atoms in total. The molecule has 0 saturated carbocycles. The van der Waals surface area contributed by atoms with Crippen molar-refractivity contribution >= 4 is 17.9 Å². The predicted octanol–water partition coefficient (Wildman–Crippen LogP) is 19.0. The van der Waals surface area contributed by atoms with Crippen molar-refractivity contribution in [2.24, 2.45) is 0 Å². The molecule has 0 bridgehead atoms. The molecule has 0 rings (SSSR count). The Morgan fingerprint density at radius 1 is 0.314 bits per heavy atom. The van der Waals surface area contributed by atoms with Crippen molar-refractivity contribution in [3.05, 3.63) is 134 Å². The molecule has 0 aliphatic heterocycles. The van der Waals surface area contributed by atoms with Gasteiger partial charge in [0.1, 0.15) is 13.2 Å². The summed E-state index contributed by atoms with van der Waals surface area (Å²) in [4.78, 5) is 38.1. The van der Waals surface area contributed by atoms with Gasteiger partial charge in [-0.1, -0.05) is 251 Å². The van der Waals surface area contributed by atoms with Crippen LogP contribution in [0.2, 0.25) is 0 Å². The summed E-state index contributed by atoms with van der Waals surface area (Å²) in [7, 11) is 0. The van der Waals surface area contributed by atoms with Crippen LogP contribution in [-0.4, -0.2) is 37.2 Å². The SMILES string of the molecule is CC/C=C\C/C=C\C/C=C\C/C=C\C/C=C\C/C=C\CCCCCCC(=O)OCC(COC(=O)CCCCCCCCCCCCCCCC)OC(=O)C/C=C\C/C=C\C/C=C\C/C=C\C/C=C\CC. The van der Waals surface area contributed by atoms with Crippen LogP contribution in [0.1, 0.15) is 233 Å². The van der Waals surface area contributed by atoms with Crippen LogP contribution in [0.25, 0.3) is 0 Å². The van der Waals surface area contributed by atoms with Gasteiger partial charge in [-0.15, -0.1) is 0 Å². The van der Waals surface area contributed by atoms with E-state index >= 15 is 0 Å². The Kier molecular flexibility index (Phi) is 53.5. The van der Waals surface area contributed by atoms with E-state index < -0.39 is 12.1 Å². The quantitative estimate of drug-likeness (QED) is 0.0262. The van der Waals surface area contributed by atoms with E-state index in [1.165, 1.54) is 70.6 Å². The molecule has 394 valence electrons. The fourth-order valence-electron chi connectivity index (χ4n) is 7.29. The van der Waals surface area contributed by atoms with Crippen molar-refractivity contribution in [2.75, 3.05) is 13.2 Å². The van der Waals surface area contributed by atoms with Gasteiger partial charge in [-0.3, -0.25) is 14.4 Å². The van der Waals surface area contributed by atoms with E-state index in [0.717, 1.165) is 116 Å². The topological polar surface area (TPSA) is 78.9 Å². The van der Waals surface area contributed by atoms with Crippen molar-refractivity contribution in [3.8, 4) is 0 Å². The Morgan fingerprint density at radius 3 is 0.943 bits per heavy atom. The molecule has 0 heterocycles. The molecular weight excluding hydrogens is 865 g/mol. The molecule has 1 atom stereocenters. The first-order chi connectivity index (χ1) is 34.5. The minimum Gasteiger partial charge on any atom is -0.462 e. The van der Waals surface area contributed by atoms with Crippen LogP contribution in [0, 0.1) is 0 Å². The molecule has 0 fully saturated rings. The van der Waals surface area contributed by atoms with Gasteiger partial charge >= 0.3 is 17.9 Å². The second kappa shape index (κ2) is 57.1. The third-order valence-electron chi connectivity index (χ3n) is 11.4. The van der Waals surface area contributed by atoms with Gasteiger partial charge in [-0.2, -0.15) is 0 Å². The Labute approximate surface area is 430 Å². The molecule has 0 aliphatic carbocycles. The minimum absolute atomic E-state index is 0.0868. The van der Waals surface area contributed by atoms with Crippen LogP contribution in [0.4, 0.5) is 0 Å². The maximum Gasteiger partial charge on any atom is 0.310 e. The fourth-order valence-corrected chi connectivity index (χ4v) is 7.29. The number of rotatable bonds is 49. The average Bonchev–Trinajstić information content (AvgIpc) is 3.36. The monoisotopic (exact) mass is 967 g/mol. The van der Waals surface area contributed by atoms with Gasteiger partial charge in [0.15, 0.2) is 6.10 Å². The third kappa shape index (κ3) is 54.5. The van der Waals surface area contributed by atoms with Gasteiger partial charge in [0, 0.05) is 12.8 Å². The van der Waals surface area contributed by atoms with E-state index in [1.807, 2.05) is 6.08 Å². The number of carbonyl (C=O) groups excluding carboxylic acids is 3. The molecule has 0 N–H and O–H groups in total. The molecule has 6 heteroatoms. The maximum atomic E-state index is 12.8. The van der Waals surface area contributed by atoms with Crippen molar-refractivity contribution in [1.29, 1.82) is 0 Å². The number of carbonyl (C=O) groups is 3. The van der Waals surface area contributed by atoms with Crippen LogP contribution < -0.4 is 0 Å². The first-order valence-electron chi connectivity index (χ1n) is 28.2. The lowest BCUT2D eigenvalue weighted by molar-refractivity contribution is -0.166. The second-order valence-electron chi connectivity index (χ2n) is 18.1. The molecule has 70 heavy (non-hydrogen) atoms. The summed E-state index contributed by atoms with van der Waals surface area (Å²) in [5, 5.41) is 0. The van der Waals surface area contributed by atoms with Crippen molar-refractivity contribution in [2.45, 2.75) is 239 Å². The molecule has 0 saturated heterocycles. The number of unbranched alkanes of at least 4 members (excludes halogenated alkanes) is 17. The second-order valence-corrected chi connectivity index (χ2v) is 18.1.